The van der Waals surface area contributed by atoms with E-state index in [0.717, 1.165) is 17.8 Å². The summed E-state index contributed by atoms with van der Waals surface area (Å²) in [6.07, 6.45) is -3.24. The molecule has 2 N–H and O–H groups in total. The number of alkyl halides is 3. The summed E-state index contributed by atoms with van der Waals surface area (Å²) in [7, 11) is -4.33. The van der Waals surface area contributed by atoms with Crippen LogP contribution in [0.5, 0.6) is 0 Å². The van der Waals surface area contributed by atoms with E-state index in [1.807, 2.05) is 6.92 Å². The summed E-state index contributed by atoms with van der Waals surface area (Å²) in [5.41, 5.74) is 1.14. The van der Waals surface area contributed by atoms with Gasteiger partial charge in [0.1, 0.15) is 10.1 Å². The van der Waals surface area contributed by atoms with Crippen molar-refractivity contribution in [3.05, 3.63) is 58.9 Å². The van der Waals surface area contributed by atoms with E-state index in [1.165, 1.54) is 12.1 Å². The Labute approximate surface area is 138 Å². The quantitative estimate of drug-likeness (QED) is 0.479. The predicted molar refractivity (Wildman–Crippen MR) is 80.4 cm³/mol. The third kappa shape index (κ3) is 5.20. The van der Waals surface area contributed by atoms with Crippen LogP contribution < -0.4 is 10.5 Å². The summed E-state index contributed by atoms with van der Waals surface area (Å²) in [6, 6.07) is 7.01. The third-order valence-corrected chi connectivity index (χ3v) is 4.18. The zero-order chi connectivity index (χ0) is 18.7. The zero-order valence-electron chi connectivity index (χ0n) is 13.3. The maximum Gasteiger partial charge on any atom is 0.480 e. The van der Waals surface area contributed by atoms with Crippen LogP contribution in [0.1, 0.15) is 22.4 Å². The fourth-order valence-electron chi connectivity index (χ4n) is 2.26. The Morgan fingerprint density at radius 1 is 1.08 bits per heavy atom. The molecule has 0 atom stereocenters. The van der Waals surface area contributed by atoms with Gasteiger partial charge < -0.3 is 4.55 Å². The van der Waals surface area contributed by atoms with Gasteiger partial charge in [0.2, 0.25) is 0 Å². The number of aromatic nitrogens is 1. The van der Waals surface area contributed by atoms with E-state index in [1.54, 1.807) is 26.0 Å². The lowest BCUT2D eigenvalue weighted by Crippen LogP contribution is -2.50. The fraction of sp³-hybridized carbons (Fsp3) is 0.267. The average Bonchev–Trinajstić information content (AvgIpc) is 2.35. The molecule has 2 aromatic rings. The highest BCUT2D eigenvalue weighted by molar-refractivity contribution is 7.85. The maximum absolute atomic E-state index is 11.9. The summed E-state index contributed by atoms with van der Waals surface area (Å²) < 4.78 is 68.9. The lowest BCUT2D eigenvalue weighted by Gasteiger charge is -2.14. The normalized spacial score (nSPS) is 11.6. The first-order chi connectivity index (χ1) is 10.8. The molecule has 1 heterocycles. The Morgan fingerprint density at radius 2 is 1.58 bits per heavy atom. The van der Waals surface area contributed by atoms with E-state index in [0.29, 0.717) is 15.8 Å². The molecule has 24 heavy (non-hydrogen) atoms. The van der Waals surface area contributed by atoms with Gasteiger partial charge in [0.05, 0.1) is 4.90 Å². The van der Waals surface area contributed by atoms with Crippen LogP contribution in [0.25, 0.3) is 0 Å². The van der Waals surface area contributed by atoms with Crippen molar-refractivity contribution in [3.63, 3.8) is 0 Å². The fourth-order valence-corrected chi connectivity index (χ4v) is 3.16. The first-order valence-electron chi connectivity index (χ1n) is 6.70. The zero-order valence-corrected chi connectivity index (χ0v) is 14.1. The Kier molecular flexibility index (Phi) is 5.96. The van der Waals surface area contributed by atoms with Crippen molar-refractivity contribution in [2.45, 2.75) is 31.8 Å². The molecule has 0 aliphatic heterocycles. The van der Waals surface area contributed by atoms with Crippen LogP contribution in [-0.2, 0) is 16.3 Å². The Bertz CT molecular complexity index is 811. The van der Waals surface area contributed by atoms with Gasteiger partial charge in [-0.05, 0) is 38.0 Å². The number of rotatable bonds is 1. The summed E-state index contributed by atoms with van der Waals surface area (Å²) in [4.78, 5) is -0.0851. The number of hydrogen-bond donors (Lipinski definition) is 1. The molecule has 0 spiro atoms. The smallest absolute Gasteiger partial charge is 0.480 e. The highest BCUT2D eigenvalue weighted by Gasteiger charge is 2.40. The summed E-state index contributed by atoms with van der Waals surface area (Å²) in [5, 5.41) is 0. The van der Waals surface area contributed by atoms with Gasteiger partial charge in [-0.25, -0.2) is 14.3 Å². The molecular formula is C15H17F3N2O3S. The molecule has 0 unspecified atom stereocenters. The summed E-state index contributed by atoms with van der Waals surface area (Å²) >= 11 is 0. The van der Waals surface area contributed by atoms with Gasteiger partial charge in [-0.2, -0.15) is 13.2 Å². The second-order valence-corrected chi connectivity index (χ2v) is 6.49. The van der Waals surface area contributed by atoms with Gasteiger partial charge in [-0.15, -0.1) is 0 Å². The first-order valence-corrected chi connectivity index (χ1v) is 8.11. The Morgan fingerprint density at radius 3 is 1.92 bits per heavy atom. The number of hydrogen-bond acceptors (Lipinski definition) is 4. The molecule has 0 amide bonds. The van der Waals surface area contributed by atoms with Crippen LogP contribution in [0, 0.1) is 20.8 Å². The van der Waals surface area contributed by atoms with E-state index in [2.05, 4.69) is 0 Å². The number of nitrogen functional groups attached to an aromatic ring is 1. The molecule has 2 rings (SSSR count). The van der Waals surface area contributed by atoms with Gasteiger partial charge in [0.25, 0.3) is 0 Å². The molecule has 0 saturated heterocycles. The number of nitrogens with two attached hydrogens (primary N) is 1. The van der Waals surface area contributed by atoms with E-state index in [9.17, 15) is 26.1 Å². The van der Waals surface area contributed by atoms with Crippen LogP contribution >= 0.6 is 0 Å². The van der Waals surface area contributed by atoms with Crippen molar-refractivity contribution in [3.8, 4) is 0 Å². The molecule has 0 fully saturated rings. The van der Waals surface area contributed by atoms with Crippen LogP contribution in [-0.4, -0.2) is 13.0 Å². The molecule has 132 valence electrons. The van der Waals surface area contributed by atoms with E-state index < -0.39 is 22.0 Å². The monoisotopic (exact) mass is 362 g/mol. The number of aryl methyl sites for hydroxylation is 3. The molecule has 0 saturated carbocycles. The van der Waals surface area contributed by atoms with E-state index >= 15 is 0 Å². The highest BCUT2D eigenvalue weighted by atomic mass is 32.2. The Hall–Kier alpha value is -2.13. The number of halogens is 3. The molecule has 0 bridgehead atoms. The highest BCUT2D eigenvalue weighted by Crippen LogP contribution is 2.25. The van der Waals surface area contributed by atoms with Gasteiger partial charge in [-0.1, -0.05) is 22.4 Å². The lowest BCUT2D eigenvalue weighted by atomic mass is 10.1. The topological polar surface area (TPSA) is 87.1 Å². The third-order valence-electron chi connectivity index (χ3n) is 3.04. The van der Waals surface area contributed by atoms with Crippen molar-refractivity contribution in [2.75, 3.05) is 5.84 Å². The van der Waals surface area contributed by atoms with E-state index in [4.69, 9.17) is 5.84 Å². The van der Waals surface area contributed by atoms with Gasteiger partial charge in [0, 0.05) is 12.1 Å². The molecule has 1 aromatic carbocycles. The molecule has 0 aliphatic carbocycles. The second-order valence-electron chi connectivity index (χ2n) is 5.17. The SMILES string of the molecule is Cc1cc(C)c(S(=O)(=O)[O-])c(C)c1.N[n+]1ccccc1C(F)(F)F. The van der Waals surface area contributed by atoms with Crippen LogP contribution in [0.15, 0.2) is 41.4 Å². The molecule has 5 nitrogen and oxygen atoms in total. The number of nitrogens with zero attached hydrogens (tertiary/aromatic N) is 1. The molecule has 9 heteroatoms. The molecular weight excluding hydrogens is 345 g/mol. The second kappa shape index (κ2) is 7.18. The van der Waals surface area contributed by atoms with E-state index in [-0.39, 0.29) is 4.90 Å². The molecule has 0 radical (unpaired) electrons. The number of benzene rings is 1. The lowest BCUT2D eigenvalue weighted by molar-refractivity contribution is -0.660. The van der Waals surface area contributed by atoms with Crippen molar-refractivity contribution >= 4 is 10.1 Å². The first kappa shape index (κ1) is 19.9. The van der Waals surface area contributed by atoms with Crippen molar-refractivity contribution in [2.24, 2.45) is 0 Å². The minimum atomic E-state index is -4.38. The van der Waals surface area contributed by atoms with Crippen molar-refractivity contribution in [1.82, 2.24) is 0 Å². The summed E-state index contributed by atoms with van der Waals surface area (Å²) in [6.45, 7) is 5.12. The van der Waals surface area contributed by atoms with Gasteiger partial charge >= 0.3 is 11.9 Å². The summed E-state index contributed by atoms with van der Waals surface area (Å²) in [5.74, 6) is 5.00. The van der Waals surface area contributed by atoms with Crippen molar-refractivity contribution in [1.29, 1.82) is 0 Å². The molecule has 0 aliphatic rings. The average molecular weight is 362 g/mol. The largest absolute Gasteiger partial charge is 0.744 e. The maximum atomic E-state index is 11.9. The predicted octanol–water partition coefficient (Wildman–Crippen LogP) is 2.22. The minimum absolute atomic E-state index is 0.0851. The van der Waals surface area contributed by atoms with Gasteiger partial charge in [-0.3, -0.25) is 0 Å². The number of pyridine rings is 1. The van der Waals surface area contributed by atoms with Crippen LogP contribution in [0.3, 0.4) is 0 Å². The van der Waals surface area contributed by atoms with Crippen LogP contribution in [0.2, 0.25) is 0 Å². The molecule has 1 aromatic heterocycles. The Balaban J connectivity index is 0.000000243. The van der Waals surface area contributed by atoms with Crippen molar-refractivity contribution < 1.29 is 30.8 Å². The van der Waals surface area contributed by atoms with Gasteiger partial charge in [0.15, 0.2) is 6.20 Å². The van der Waals surface area contributed by atoms with Crippen LogP contribution in [0.4, 0.5) is 13.2 Å². The standard InChI is InChI=1S/C9H12O3S.C6H6F3N2/c1-6-4-7(2)9(8(3)5-6)13(10,11)12;7-6(8,9)5-3-1-2-4-11(5)10/h4-5H,1-3H3,(H,10,11,12);1-4H,10H2/q;+1/p-1. The minimum Gasteiger partial charge on any atom is -0.744 e.